The zero-order valence-electron chi connectivity index (χ0n) is 9.11. The van der Waals surface area contributed by atoms with Crippen LogP contribution in [0.2, 0.25) is 0 Å². The van der Waals surface area contributed by atoms with Crippen molar-refractivity contribution in [1.82, 2.24) is 5.32 Å². The molecule has 0 aliphatic rings. The van der Waals surface area contributed by atoms with Gasteiger partial charge in [0.25, 0.3) is 0 Å². The molecular formula is C13H11BrN2S. The summed E-state index contributed by atoms with van der Waals surface area (Å²) in [6, 6.07) is 12.2. The summed E-state index contributed by atoms with van der Waals surface area (Å²) < 4.78 is 1.12. The van der Waals surface area contributed by atoms with E-state index in [1.807, 2.05) is 29.6 Å². The van der Waals surface area contributed by atoms with E-state index in [1.165, 1.54) is 10.4 Å². The highest BCUT2D eigenvalue weighted by Crippen LogP contribution is 2.16. The number of rotatable bonds is 4. The van der Waals surface area contributed by atoms with Crippen LogP contribution in [0.3, 0.4) is 0 Å². The zero-order valence-corrected chi connectivity index (χ0v) is 11.5. The molecule has 2 aromatic rings. The summed E-state index contributed by atoms with van der Waals surface area (Å²) in [5.41, 5.74) is 1.98. The minimum absolute atomic E-state index is 0.743. The maximum Gasteiger partial charge on any atom is 0.100 e. The Morgan fingerprint density at radius 3 is 2.82 bits per heavy atom. The van der Waals surface area contributed by atoms with Crippen molar-refractivity contribution in [3.63, 3.8) is 0 Å². The van der Waals surface area contributed by atoms with Crippen LogP contribution in [-0.4, -0.2) is 0 Å². The van der Waals surface area contributed by atoms with E-state index in [-0.39, 0.29) is 0 Å². The Hall–Kier alpha value is -1.15. The molecule has 0 saturated carbocycles. The van der Waals surface area contributed by atoms with Crippen LogP contribution < -0.4 is 5.32 Å². The predicted molar refractivity (Wildman–Crippen MR) is 73.7 cm³/mol. The highest BCUT2D eigenvalue weighted by molar-refractivity contribution is 9.10. The average Bonchev–Trinajstić information content (AvgIpc) is 2.80. The Kier molecular flexibility index (Phi) is 4.32. The fraction of sp³-hybridized carbons (Fsp3) is 0.154. The van der Waals surface area contributed by atoms with Crippen molar-refractivity contribution in [2.24, 2.45) is 0 Å². The van der Waals surface area contributed by atoms with Gasteiger partial charge in [0.2, 0.25) is 0 Å². The van der Waals surface area contributed by atoms with Gasteiger partial charge in [-0.1, -0.05) is 34.1 Å². The van der Waals surface area contributed by atoms with Crippen LogP contribution in [0.15, 0.2) is 40.2 Å². The zero-order chi connectivity index (χ0) is 12.1. The highest BCUT2D eigenvalue weighted by atomic mass is 79.9. The average molecular weight is 307 g/mol. The van der Waals surface area contributed by atoms with Gasteiger partial charge in [-0.05, 0) is 17.7 Å². The number of nitrogens with zero attached hydrogens (tertiary/aromatic N) is 1. The maximum absolute atomic E-state index is 8.72. The molecule has 0 fully saturated rings. The largest absolute Gasteiger partial charge is 0.308 e. The second-order valence-corrected chi connectivity index (χ2v) is 5.46. The van der Waals surface area contributed by atoms with Gasteiger partial charge in [0.15, 0.2) is 0 Å². The molecule has 1 aromatic carbocycles. The molecule has 0 saturated heterocycles. The van der Waals surface area contributed by atoms with Crippen LogP contribution in [0, 0.1) is 11.3 Å². The normalized spacial score (nSPS) is 10.1. The number of hydrogen-bond acceptors (Lipinski definition) is 3. The molecule has 0 amide bonds. The van der Waals surface area contributed by atoms with Crippen molar-refractivity contribution < 1.29 is 0 Å². The van der Waals surface area contributed by atoms with E-state index in [0.717, 1.165) is 23.1 Å². The second-order valence-electron chi connectivity index (χ2n) is 3.61. The Morgan fingerprint density at radius 1 is 1.29 bits per heavy atom. The van der Waals surface area contributed by atoms with Crippen LogP contribution in [0.25, 0.3) is 0 Å². The van der Waals surface area contributed by atoms with E-state index >= 15 is 0 Å². The van der Waals surface area contributed by atoms with E-state index in [4.69, 9.17) is 5.26 Å². The molecule has 1 N–H and O–H groups in total. The van der Waals surface area contributed by atoms with E-state index in [1.54, 1.807) is 11.3 Å². The van der Waals surface area contributed by atoms with E-state index in [2.05, 4.69) is 33.4 Å². The van der Waals surface area contributed by atoms with Gasteiger partial charge in [-0.25, -0.2) is 0 Å². The van der Waals surface area contributed by atoms with Crippen LogP contribution in [-0.2, 0) is 13.1 Å². The van der Waals surface area contributed by atoms with Gasteiger partial charge in [0.1, 0.15) is 6.07 Å². The molecule has 2 nitrogen and oxygen atoms in total. The third kappa shape index (κ3) is 3.40. The Labute approximate surface area is 113 Å². The smallest absolute Gasteiger partial charge is 0.100 e. The lowest BCUT2D eigenvalue weighted by Gasteiger charge is -2.05. The van der Waals surface area contributed by atoms with Crippen LogP contribution >= 0.6 is 27.3 Å². The molecule has 2 rings (SSSR count). The molecule has 0 bridgehead atoms. The van der Waals surface area contributed by atoms with E-state index < -0.39 is 0 Å². The van der Waals surface area contributed by atoms with E-state index in [9.17, 15) is 0 Å². The van der Waals surface area contributed by atoms with Gasteiger partial charge in [0.05, 0.1) is 5.56 Å². The lowest BCUT2D eigenvalue weighted by Crippen LogP contribution is -2.12. The lowest BCUT2D eigenvalue weighted by atomic mass is 10.2. The molecule has 86 valence electrons. The number of halogens is 1. The standard InChI is InChI=1S/C13H11BrN2S/c14-13-4-2-1-3-11(13)7-16-8-12-5-10(6-15)9-17-12/h1-5,9,16H,7-8H2. The fourth-order valence-corrected chi connectivity index (χ4v) is 2.70. The minimum atomic E-state index is 0.743. The molecule has 0 unspecified atom stereocenters. The lowest BCUT2D eigenvalue weighted by molar-refractivity contribution is 0.699. The van der Waals surface area contributed by atoms with Crippen LogP contribution in [0.4, 0.5) is 0 Å². The van der Waals surface area contributed by atoms with Gasteiger partial charge in [0, 0.05) is 27.8 Å². The minimum Gasteiger partial charge on any atom is -0.308 e. The first-order valence-electron chi connectivity index (χ1n) is 5.21. The number of nitriles is 1. The number of hydrogen-bond donors (Lipinski definition) is 1. The van der Waals surface area contributed by atoms with Crippen molar-refractivity contribution >= 4 is 27.3 Å². The van der Waals surface area contributed by atoms with Gasteiger partial charge in [-0.3, -0.25) is 0 Å². The first-order valence-corrected chi connectivity index (χ1v) is 6.88. The number of thiophene rings is 1. The molecule has 4 heteroatoms. The summed E-state index contributed by atoms with van der Waals surface area (Å²) >= 11 is 5.13. The molecule has 0 spiro atoms. The summed E-state index contributed by atoms with van der Waals surface area (Å²) in [5, 5.41) is 14.0. The topological polar surface area (TPSA) is 35.8 Å². The van der Waals surface area contributed by atoms with Crippen molar-refractivity contribution in [2.45, 2.75) is 13.1 Å². The van der Waals surface area contributed by atoms with Gasteiger partial charge >= 0.3 is 0 Å². The fourth-order valence-electron chi connectivity index (χ4n) is 1.49. The summed E-state index contributed by atoms with van der Waals surface area (Å²) in [6.45, 7) is 1.62. The Morgan fingerprint density at radius 2 is 2.12 bits per heavy atom. The third-order valence-electron chi connectivity index (χ3n) is 2.36. The van der Waals surface area contributed by atoms with Gasteiger partial charge in [-0.2, -0.15) is 5.26 Å². The summed E-state index contributed by atoms with van der Waals surface area (Å²) in [6.07, 6.45) is 0. The first kappa shape index (κ1) is 12.3. The molecular weight excluding hydrogens is 296 g/mol. The summed E-state index contributed by atoms with van der Waals surface area (Å²) in [5.74, 6) is 0. The molecule has 0 aliphatic carbocycles. The summed E-state index contributed by atoms with van der Waals surface area (Å²) in [4.78, 5) is 1.19. The van der Waals surface area contributed by atoms with Crippen LogP contribution in [0.1, 0.15) is 16.0 Å². The maximum atomic E-state index is 8.72. The predicted octanol–water partition coefficient (Wildman–Crippen LogP) is 3.67. The molecule has 1 aromatic heterocycles. The van der Waals surface area contributed by atoms with Gasteiger partial charge < -0.3 is 5.32 Å². The third-order valence-corrected chi connectivity index (χ3v) is 4.07. The SMILES string of the molecule is N#Cc1csc(CNCc2ccccc2Br)c1. The monoisotopic (exact) mass is 306 g/mol. The molecule has 0 atom stereocenters. The number of benzene rings is 1. The van der Waals surface area contributed by atoms with E-state index in [0.29, 0.717) is 0 Å². The first-order chi connectivity index (χ1) is 8.29. The molecule has 1 heterocycles. The highest BCUT2D eigenvalue weighted by Gasteiger charge is 2.00. The van der Waals surface area contributed by atoms with Gasteiger partial charge in [-0.15, -0.1) is 11.3 Å². The molecule has 0 radical (unpaired) electrons. The number of nitrogens with one attached hydrogen (secondary N) is 1. The van der Waals surface area contributed by atoms with Crippen LogP contribution in [0.5, 0.6) is 0 Å². The van der Waals surface area contributed by atoms with Crippen molar-refractivity contribution in [2.75, 3.05) is 0 Å². The Balaban J connectivity index is 1.88. The van der Waals surface area contributed by atoms with Crippen molar-refractivity contribution in [3.05, 3.63) is 56.2 Å². The van der Waals surface area contributed by atoms with Crippen molar-refractivity contribution in [1.29, 1.82) is 5.26 Å². The second kappa shape index (κ2) is 5.97. The quantitative estimate of drug-likeness (QED) is 0.935. The summed E-state index contributed by atoms with van der Waals surface area (Å²) in [7, 11) is 0. The molecule has 0 aliphatic heterocycles. The molecule has 17 heavy (non-hydrogen) atoms. The Bertz CT molecular complexity index is 542. The van der Waals surface area contributed by atoms with Crippen molar-refractivity contribution in [3.8, 4) is 6.07 Å².